The van der Waals surface area contributed by atoms with Gasteiger partial charge in [0.05, 0.1) is 6.42 Å². The van der Waals surface area contributed by atoms with E-state index in [4.69, 9.17) is 0 Å². The minimum absolute atomic E-state index is 0.0154. The molecule has 0 bridgehead atoms. The van der Waals surface area contributed by atoms with Gasteiger partial charge < -0.3 is 10.2 Å². The van der Waals surface area contributed by atoms with Gasteiger partial charge in [-0.25, -0.2) is 9.97 Å². The van der Waals surface area contributed by atoms with Gasteiger partial charge in [0, 0.05) is 48.9 Å². The lowest BCUT2D eigenvalue weighted by Crippen LogP contribution is -2.28. The van der Waals surface area contributed by atoms with Crippen molar-refractivity contribution < 1.29 is 9.59 Å². The average Bonchev–Trinajstić information content (AvgIpc) is 3.06. The molecule has 6 nitrogen and oxygen atoms in total. The summed E-state index contributed by atoms with van der Waals surface area (Å²) in [6, 6.07) is 0. The lowest BCUT2D eigenvalue weighted by atomic mass is 10.0. The molecule has 1 aromatic rings. The van der Waals surface area contributed by atoms with Gasteiger partial charge in [0.2, 0.25) is 11.8 Å². The van der Waals surface area contributed by atoms with E-state index in [1.165, 1.54) is 0 Å². The first-order valence-electron chi connectivity index (χ1n) is 9.34. The first-order chi connectivity index (χ1) is 12.0. The van der Waals surface area contributed by atoms with Crippen molar-refractivity contribution in [2.24, 2.45) is 0 Å². The second-order valence-corrected chi connectivity index (χ2v) is 6.83. The quantitative estimate of drug-likeness (QED) is 0.822. The number of likely N-dealkylation sites (tertiary alicyclic amines) is 1. The summed E-state index contributed by atoms with van der Waals surface area (Å²) in [5, 5.41) is 2.90. The molecule has 0 radical (unpaired) electrons. The van der Waals surface area contributed by atoms with Crippen LogP contribution >= 0.6 is 0 Å². The smallest absolute Gasteiger partial charge is 0.224 e. The number of carbonyl (C=O) groups is 2. The van der Waals surface area contributed by atoms with Crippen molar-refractivity contribution in [1.82, 2.24) is 20.2 Å². The Labute approximate surface area is 150 Å². The van der Waals surface area contributed by atoms with E-state index in [1.54, 1.807) is 0 Å². The van der Waals surface area contributed by atoms with Crippen molar-refractivity contribution in [3.8, 4) is 0 Å². The molecule has 25 heavy (non-hydrogen) atoms. The molecule has 1 atom stereocenters. The number of rotatable bonds is 7. The van der Waals surface area contributed by atoms with Crippen LogP contribution in [0.1, 0.15) is 68.2 Å². The molecule has 0 aromatic carbocycles. The van der Waals surface area contributed by atoms with Crippen LogP contribution in [0.4, 0.5) is 0 Å². The van der Waals surface area contributed by atoms with Gasteiger partial charge in [-0.1, -0.05) is 13.8 Å². The summed E-state index contributed by atoms with van der Waals surface area (Å²) < 4.78 is 0. The third-order valence-corrected chi connectivity index (χ3v) is 4.72. The molecule has 1 N–H and O–H groups in total. The van der Waals surface area contributed by atoms with Crippen LogP contribution in [-0.2, 0) is 16.0 Å². The molecule has 0 unspecified atom stereocenters. The van der Waals surface area contributed by atoms with Gasteiger partial charge in [-0.3, -0.25) is 9.59 Å². The Hall–Kier alpha value is -1.98. The average molecular weight is 346 g/mol. The molecule has 0 aliphatic carbocycles. The van der Waals surface area contributed by atoms with Gasteiger partial charge in [0.1, 0.15) is 5.82 Å². The van der Waals surface area contributed by atoms with Gasteiger partial charge in [0.25, 0.3) is 0 Å². The maximum Gasteiger partial charge on any atom is 0.224 e. The molecule has 2 heterocycles. The fourth-order valence-corrected chi connectivity index (χ4v) is 3.26. The number of amides is 2. The van der Waals surface area contributed by atoms with Crippen LogP contribution in [0.5, 0.6) is 0 Å². The van der Waals surface area contributed by atoms with Crippen molar-refractivity contribution in [1.29, 1.82) is 0 Å². The Bertz CT molecular complexity index is 607. The maximum absolute atomic E-state index is 12.1. The first-order valence-corrected chi connectivity index (χ1v) is 9.34. The van der Waals surface area contributed by atoms with E-state index in [2.05, 4.69) is 15.3 Å². The molecule has 1 aliphatic rings. The highest BCUT2D eigenvalue weighted by Crippen LogP contribution is 2.26. The maximum atomic E-state index is 12.1. The van der Waals surface area contributed by atoms with Gasteiger partial charge in [-0.2, -0.15) is 0 Å². The molecule has 2 amide bonds. The van der Waals surface area contributed by atoms with E-state index in [0.29, 0.717) is 25.9 Å². The second kappa shape index (κ2) is 8.92. The van der Waals surface area contributed by atoms with Crippen LogP contribution in [0.25, 0.3) is 0 Å². The zero-order valence-electron chi connectivity index (χ0n) is 15.9. The normalized spacial score (nSPS) is 17.0. The molecule has 1 saturated heterocycles. The fraction of sp³-hybridized carbons (Fsp3) is 0.684. The van der Waals surface area contributed by atoms with Crippen LogP contribution < -0.4 is 5.32 Å². The molecule has 138 valence electrons. The minimum atomic E-state index is 0.0154. The number of aromatic nitrogens is 2. The molecule has 0 spiro atoms. The van der Waals surface area contributed by atoms with E-state index in [-0.39, 0.29) is 17.7 Å². The highest BCUT2D eigenvalue weighted by molar-refractivity contribution is 5.79. The van der Waals surface area contributed by atoms with E-state index in [1.807, 2.05) is 32.6 Å². The SMILES string of the molecule is CCCNC(=O)Cc1c(C)nc([C@H]2CCN(C(=O)CCC)C2)nc1C. The second-order valence-electron chi connectivity index (χ2n) is 6.83. The molecule has 1 aromatic heterocycles. The lowest BCUT2D eigenvalue weighted by Gasteiger charge is -2.17. The number of hydrogen-bond acceptors (Lipinski definition) is 4. The minimum Gasteiger partial charge on any atom is -0.356 e. The van der Waals surface area contributed by atoms with Gasteiger partial charge in [-0.05, 0) is 33.1 Å². The standard InChI is InChI=1S/C19H30N4O2/c1-5-7-18(25)23-10-8-15(12-23)19-21-13(3)16(14(4)22-19)11-17(24)20-9-6-2/h15H,5-12H2,1-4H3,(H,20,24)/t15-/m0/s1. The molecular formula is C19H30N4O2. The van der Waals surface area contributed by atoms with Crippen LogP contribution in [0.15, 0.2) is 0 Å². The van der Waals surface area contributed by atoms with Gasteiger partial charge >= 0.3 is 0 Å². The zero-order valence-corrected chi connectivity index (χ0v) is 15.9. The van der Waals surface area contributed by atoms with Crippen LogP contribution in [-0.4, -0.2) is 46.3 Å². The fourth-order valence-electron chi connectivity index (χ4n) is 3.26. The Kier molecular flexibility index (Phi) is 6.91. The summed E-state index contributed by atoms with van der Waals surface area (Å²) in [6.07, 6.45) is 3.64. The summed E-state index contributed by atoms with van der Waals surface area (Å²) in [5.74, 6) is 1.24. The van der Waals surface area contributed by atoms with Crippen LogP contribution in [0.3, 0.4) is 0 Å². The molecule has 0 saturated carbocycles. The number of aryl methyl sites for hydroxylation is 2. The third-order valence-electron chi connectivity index (χ3n) is 4.72. The van der Waals surface area contributed by atoms with Crippen molar-refractivity contribution in [3.05, 3.63) is 22.8 Å². The number of nitrogens with zero attached hydrogens (tertiary/aromatic N) is 3. The number of carbonyl (C=O) groups excluding carboxylic acids is 2. The summed E-state index contributed by atoms with van der Waals surface area (Å²) in [4.78, 5) is 35.3. The predicted octanol–water partition coefficient (Wildman–Crippen LogP) is 2.28. The van der Waals surface area contributed by atoms with Gasteiger partial charge in [0.15, 0.2) is 0 Å². The highest BCUT2D eigenvalue weighted by Gasteiger charge is 2.29. The molecule has 1 aliphatic heterocycles. The van der Waals surface area contributed by atoms with Crippen molar-refractivity contribution in [3.63, 3.8) is 0 Å². The molecule has 2 rings (SSSR count). The molecule has 6 heteroatoms. The van der Waals surface area contributed by atoms with E-state index in [0.717, 1.165) is 48.6 Å². The van der Waals surface area contributed by atoms with Gasteiger partial charge in [-0.15, -0.1) is 0 Å². The van der Waals surface area contributed by atoms with Crippen molar-refractivity contribution in [2.45, 2.75) is 65.7 Å². The topological polar surface area (TPSA) is 75.2 Å². The van der Waals surface area contributed by atoms with Crippen molar-refractivity contribution >= 4 is 11.8 Å². The summed E-state index contributed by atoms with van der Waals surface area (Å²) in [7, 11) is 0. The Morgan fingerprint density at radius 2 is 1.84 bits per heavy atom. The predicted molar refractivity (Wildman–Crippen MR) is 97.4 cm³/mol. The van der Waals surface area contributed by atoms with E-state index in [9.17, 15) is 9.59 Å². The summed E-state index contributed by atoms with van der Waals surface area (Å²) in [5.41, 5.74) is 2.65. The van der Waals surface area contributed by atoms with E-state index < -0.39 is 0 Å². The monoisotopic (exact) mass is 346 g/mol. The summed E-state index contributed by atoms with van der Waals surface area (Å²) in [6.45, 7) is 10.1. The summed E-state index contributed by atoms with van der Waals surface area (Å²) >= 11 is 0. The van der Waals surface area contributed by atoms with E-state index >= 15 is 0 Å². The zero-order chi connectivity index (χ0) is 18.4. The molecule has 1 fully saturated rings. The van der Waals surface area contributed by atoms with Crippen molar-refractivity contribution in [2.75, 3.05) is 19.6 Å². The van der Waals surface area contributed by atoms with Crippen LogP contribution in [0, 0.1) is 13.8 Å². The number of nitrogens with one attached hydrogen (secondary N) is 1. The third kappa shape index (κ3) is 5.00. The largest absolute Gasteiger partial charge is 0.356 e. The first kappa shape index (κ1) is 19.3. The molecular weight excluding hydrogens is 316 g/mol. The number of hydrogen-bond donors (Lipinski definition) is 1. The lowest BCUT2D eigenvalue weighted by molar-refractivity contribution is -0.130. The highest BCUT2D eigenvalue weighted by atomic mass is 16.2. The Balaban J connectivity index is 2.07. The Morgan fingerprint density at radius 1 is 1.16 bits per heavy atom. The van der Waals surface area contributed by atoms with Crippen LogP contribution in [0.2, 0.25) is 0 Å². The Morgan fingerprint density at radius 3 is 2.44 bits per heavy atom.